The molecule has 0 aromatic carbocycles. The average Bonchev–Trinajstić information content (AvgIpc) is 2.41. The van der Waals surface area contributed by atoms with Crippen LogP contribution in [0.3, 0.4) is 0 Å². The molecule has 1 nitrogen and oxygen atoms in total. The van der Waals surface area contributed by atoms with Crippen LogP contribution in [0.2, 0.25) is 0 Å². The molecule has 0 radical (unpaired) electrons. The van der Waals surface area contributed by atoms with Gasteiger partial charge in [0, 0.05) is 23.5 Å². The summed E-state index contributed by atoms with van der Waals surface area (Å²) in [7, 11) is 0. The minimum absolute atomic E-state index is 0.799. The Morgan fingerprint density at radius 3 is 2.36 bits per heavy atom. The first-order chi connectivity index (χ1) is 6.70. The van der Waals surface area contributed by atoms with Crippen molar-refractivity contribution in [2.24, 2.45) is 5.92 Å². The van der Waals surface area contributed by atoms with E-state index in [1.807, 2.05) is 0 Å². The molecule has 0 spiro atoms. The minimum atomic E-state index is 0.799. The van der Waals surface area contributed by atoms with Gasteiger partial charge in [0.25, 0.3) is 0 Å². The first-order valence-corrected chi connectivity index (χ1v) is 7.02. The van der Waals surface area contributed by atoms with Crippen LogP contribution >= 0.6 is 15.9 Å². The summed E-state index contributed by atoms with van der Waals surface area (Å²) in [5.74, 6) is 0.880. The van der Waals surface area contributed by atoms with Crippen molar-refractivity contribution in [3.8, 4) is 0 Å². The highest BCUT2D eigenvalue weighted by molar-refractivity contribution is 9.09. The Hall–Kier alpha value is 0.440. The van der Waals surface area contributed by atoms with E-state index >= 15 is 0 Å². The van der Waals surface area contributed by atoms with Gasteiger partial charge in [0.1, 0.15) is 0 Å². The number of hydrogen-bond acceptors (Lipinski definition) is 1. The van der Waals surface area contributed by atoms with E-state index in [1.165, 1.54) is 38.6 Å². The molecule has 2 fully saturated rings. The van der Waals surface area contributed by atoms with Crippen LogP contribution in [0.25, 0.3) is 0 Å². The molecule has 0 aromatic heterocycles. The van der Waals surface area contributed by atoms with Gasteiger partial charge in [0.15, 0.2) is 0 Å². The van der Waals surface area contributed by atoms with Gasteiger partial charge in [-0.05, 0) is 31.6 Å². The Morgan fingerprint density at radius 2 is 1.86 bits per heavy atom. The van der Waals surface area contributed by atoms with E-state index < -0.39 is 0 Å². The first kappa shape index (κ1) is 10.9. The molecule has 0 N–H and O–H groups in total. The van der Waals surface area contributed by atoms with Crippen molar-refractivity contribution in [1.82, 2.24) is 4.90 Å². The molecule has 0 amide bonds. The Kier molecular flexibility index (Phi) is 3.54. The highest BCUT2D eigenvalue weighted by atomic mass is 79.9. The SMILES string of the molecule is CCC(C)CN1C2CCC1CC(Br)C2. The van der Waals surface area contributed by atoms with Gasteiger partial charge in [-0.25, -0.2) is 0 Å². The van der Waals surface area contributed by atoms with Crippen LogP contribution in [0.1, 0.15) is 46.0 Å². The van der Waals surface area contributed by atoms with Gasteiger partial charge < -0.3 is 0 Å². The molecular formula is C12H22BrN. The van der Waals surface area contributed by atoms with Gasteiger partial charge in [-0.15, -0.1) is 0 Å². The van der Waals surface area contributed by atoms with Crippen LogP contribution in [0.5, 0.6) is 0 Å². The number of halogens is 1. The third-order valence-electron chi connectivity index (χ3n) is 4.05. The molecular weight excluding hydrogens is 238 g/mol. The van der Waals surface area contributed by atoms with Crippen LogP contribution in [-0.4, -0.2) is 28.4 Å². The molecule has 0 saturated carbocycles. The molecule has 2 rings (SSSR count). The molecule has 0 aliphatic carbocycles. The summed E-state index contributed by atoms with van der Waals surface area (Å²) in [6.07, 6.45) is 6.99. The molecule has 2 heterocycles. The molecule has 3 unspecified atom stereocenters. The number of piperidine rings is 1. The lowest BCUT2D eigenvalue weighted by atomic mass is 10.00. The molecule has 2 aliphatic heterocycles. The van der Waals surface area contributed by atoms with Crippen molar-refractivity contribution in [1.29, 1.82) is 0 Å². The van der Waals surface area contributed by atoms with Crippen molar-refractivity contribution in [2.45, 2.75) is 62.9 Å². The van der Waals surface area contributed by atoms with E-state index in [2.05, 4.69) is 34.7 Å². The monoisotopic (exact) mass is 259 g/mol. The molecule has 2 saturated heterocycles. The summed E-state index contributed by atoms with van der Waals surface area (Å²) in [6, 6.07) is 1.79. The zero-order valence-corrected chi connectivity index (χ0v) is 11.0. The predicted octanol–water partition coefficient (Wildman–Crippen LogP) is 3.42. The van der Waals surface area contributed by atoms with E-state index in [-0.39, 0.29) is 0 Å². The highest BCUT2D eigenvalue weighted by Gasteiger charge is 2.39. The van der Waals surface area contributed by atoms with Crippen molar-refractivity contribution in [2.75, 3.05) is 6.54 Å². The number of rotatable bonds is 3. The quantitative estimate of drug-likeness (QED) is 0.703. The molecule has 0 aromatic rings. The van der Waals surface area contributed by atoms with Crippen LogP contribution in [0.4, 0.5) is 0 Å². The second-order valence-electron chi connectivity index (χ2n) is 5.16. The maximum Gasteiger partial charge on any atom is 0.0175 e. The normalized spacial score (nSPS) is 40.1. The standard InChI is InChI=1S/C12H22BrN/c1-3-9(2)8-14-11-4-5-12(14)7-10(13)6-11/h9-12H,3-8H2,1-2H3. The molecule has 82 valence electrons. The third-order valence-corrected chi connectivity index (χ3v) is 4.79. The Balaban J connectivity index is 1.94. The molecule has 14 heavy (non-hydrogen) atoms. The van der Waals surface area contributed by atoms with Gasteiger partial charge in [0.05, 0.1) is 0 Å². The summed E-state index contributed by atoms with van der Waals surface area (Å²) in [6.45, 7) is 6.04. The van der Waals surface area contributed by atoms with E-state index in [4.69, 9.17) is 0 Å². The zero-order valence-electron chi connectivity index (χ0n) is 9.38. The highest BCUT2D eigenvalue weighted by Crippen LogP contribution is 2.38. The van der Waals surface area contributed by atoms with Crippen molar-refractivity contribution in [3.05, 3.63) is 0 Å². The van der Waals surface area contributed by atoms with Crippen molar-refractivity contribution in [3.63, 3.8) is 0 Å². The fraction of sp³-hybridized carbons (Fsp3) is 1.00. The first-order valence-electron chi connectivity index (χ1n) is 6.10. The van der Waals surface area contributed by atoms with Gasteiger partial charge in [0.2, 0.25) is 0 Å². The summed E-state index contributed by atoms with van der Waals surface area (Å²) in [5.41, 5.74) is 0. The summed E-state index contributed by atoms with van der Waals surface area (Å²) >= 11 is 3.79. The fourth-order valence-electron chi connectivity index (χ4n) is 2.99. The average molecular weight is 260 g/mol. The number of alkyl halides is 1. The van der Waals surface area contributed by atoms with Gasteiger partial charge in [-0.2, -0.15) is 0 Å². The van der Waals surface area contributed by atoms with Gasteiger partial charge in [-0.3, -0.25) is 4.90 Å². The van der Waals surface area contributed by atoms with E-state index in [1.54, 1.807) is 0 Å². The van der Waals surface area contributed by atoms with Crippen LogP contribution in [0.15, 0.2) is 0 Å². The largest absolute Gasteiger partial charge is 0.297 e. The molecule has 3 atom stereocenters. The second kappa shape index (κ2) is 4.52. The van der Waals surface area contributed by atoms with Crippen LogP contribution in [-0.2, 0) is 0 Å². The van der Waals surface area contributed by atoms with Crippen molar-refractivity contribution >= 4 is 15.9 Å². The Bertz CT molecular complexity index is 181. The maximum atomic E-state index is 3.79. The van der Waals surface area contributed by atoms with Gasteiger partial charge in [-0.1, -0.05) is 36.2 Å². The smallest absolute Gasteiger partial charge is 0.0175 e. The topological polar surface area (TPSA) is 3.24 Å². The van der Waals surface area contributed by atoms with Crippen LogP contribution < -0.4 is 0 Å². The van der Waals surface area contributed by atoms with E-state index in [0.29, 0.717) is 0 Å². The van der Waals surface area contributed by atoms with E-state index in [9.17, 15) is 0 Å². The summed E-state index contributed by atoms with van der Waals surface area (Å²) in [4.78, 5) is 3.60. The zero-order chi connectivity index (χ0) is 10.1. The number of nitrogens with zero attached hydrogens (tertiary/aromatic N) is 1. The minimum Gasteiger partial charge on any atom is -0.297 e. The lowest BCUT2D eigenvalue weighted by Crippen LogP contribution is -2.45. The third kappa shape index (κ3) is 2.16. The maximum absolute atomic E-state index is 3.79. The number of hydrogen-bond donors (Lipinski definition) is 0. The number of fused-ring (bicyclic) bond motifs is 2. The summed E-state index contributed by atoms with van der Waals surface area (Å²) in [5, 5.41) is 0. The Labute approximate surface area is 96.4 Å². The summed E-state index contributed by atoms with van der Waals surface area (Å²) < 4.78 is 0. The fourth-order valence-corrected chi connectivity index (χ4v) is 3.86. The lowest BCUT2D eigenvalue weighted by Gasteiger charge is -2.38. The second-order valence-corrected chi connectivity index (χ2v) is 6.46. The predicted molar refractivity (Wildman–Crippen MR) is 64.9 cm³/mol. The molecule has 2 heteroatoms. The van der Waals surface area contributed by atoms with Gasteiger partial charge >= 0.3 is 0 Å². The van der Waals surface area contributed by atoms with Crippen molar-refractivity contribution < 1.29 is 0 Å². The lowest BCUT2D eigenvalue weighted by molar-refractivity contribution is 0.124. The Morgan fingerprint density at radius 1 is 1.29 bits per heavy atom. The molecule has 2 bridgehead atoms. The van der Waals surface area contributed by atoms with E-state index in [0.717, 1.165) is 22.8 Å². The van der Waals surface area contributed by atoms with Crippen LogP contribution in [0, 0.1) is 5.92 Å². The molecule has 2 aliphatic rings.